The van der Waals surface area contributed by atoms with Crippen LogP contribution in [0.25, 0.3) is 0 Å². The molecule has 0 amide bonds. The molecule has 2 rings (SSSR count). The highest BCUT2D eigenvalue weighted by atomic mass is 16.5. The molecule has 8 atom stereocenters. The normalized spacial score (nSPS) is 38.9. The van der Waals surface area contributed by atoms with E-state index in [-0.39, 0.29) is 19.3 Å². The Balaban J connectivity index is 1.87. The van der Waals surface area contributed by atoms with Gasteiger partial charge in [0.25, 0.3) is 0 Å². The van der Waals surface area contributed by atoms with Crippen LogP contribution in [0.2, 0.25) is 0 Å². The van der Waals surface area contributed by atoms with Gasteiger partial charge in [0.2, 0.25) is 0 Å². The summed E-state index contributed by atoms with van der Waals surface area (Å²) in [4.78, 5) is 0. The van der Waals surface area contributed by atoms with Crippen LogP contribution in [-0.4, -0.2) is 60.6 Å². The zero-order valence-corrected chi connectivity index (χ0v) is 14.7. The summed E-state index contributed by atoms with van der Waals surface area (Å²) in [6, 6.07) is 0. The van der Waals surface area contributed by atoms with Crippen LogP contribution in [-0.2, 0) is 9.47 Å². The van der Waals surface area contributed by atoms with Crippen LogP contribution in [0.3, 0.4) is 0 Å². The van der Waals surface area contributed by atoms with Crippen LogP contribution in [0.15, 0.2) is 0 Å². The van der Waals surface area contributed by atoms with Crippen molar-refractivity contribution in [3.8, 4) is 0 Å². The summed E-state index contributed by atoms with van der Waals surface area (Å²) in [7, 11) is 0. The molecule has 2 fully saturated rings. The summed E-state index contributed by atoms with van der Waals surface area (Å²) in [5, 5.41) is 28.0. The van der Waals surface area contributed by atoms with Gasteiger partial charge < -0.3 is 24.8 Å². The molecule has 3 N–H and O–H groups in total. The van der Waals surface area contributed by atoms with Crippen LogP contribution >= 0.6 is 0 Å². The smallest absolute Gasteiger partial charge is 0.100 e. The van der Waals surface area contributed by atoms with Gasteiger partial charge in [-0.05, 0) is 48.3 Å². The van der Waals surface area contributed by atoms with Crippen molar-refractivity contribution in [2.45, 2.75) is 45.8 Å². The number of hydrogen-bond donors (Lipinski definition) is 3. The number of fused-ring (bicyclic) bond motifs is 2. The van der Waals surface area contributed by atoms with E-state index >= 15 is 0 Å². The van der Waals surface area contributed by atoms with Crippen LogP contribution < -0.4 is 0 Å². The molecule has 2 aliphatic rings. The Kier molecular flexibility index (Phi) is 7.29. The molecule has 8 unspecified atom stereocenters. The molecule has 2 saturated carbocycles. The average molecular weight is 330 g/mol. The van der Waals surface area contributed by atoms with E-state index in [0.29, 0.717) is 55.3 Å². The van der Waals surface area contributed by atoms with Gasteiger partial charge in [0.15, 0.2) is 0 Å². The molecule has 5 nitrogen and oxygen atoms in total. The van der Waals surface area contributed by atoms with Crippen molar-refractivity contribution in [3.63, 3.8) is 0 Å². The van der Waals surface area contributed by atoms with E-state index in [9.17, 15) is 10.2 Å². The minimum atomic E-state index is -0.792. The summed E-state index contributed by atoms with van der Waals surface area (Å²) in [5.41, 5.74) is 0. The van der Waals surface area contributed by atoms with Gasteiger partial charge in [0, 0.05) is 0 Å². The minimum absolute atomic E-state index is 0.191. The monoisotopic (exact) mass is 330 g/mol. The maximum absolute atomic E-state index is 9.65. The Bertz CT molecular complexity index is 318. The van der Waals surface area contributed by atoms with E-state index < -0.39 is 6.10 Å². The van der Waals surface area contributed by atoms with Crippen molar-refractivity contribution < 1.29 is 24.8 Å². The van der Waals surface area contributed by atoms with Gasteiger partial charge in [-0.15, -0.1) is 0 Å². The molecule has 0 aromatic heterocycles. The van der Waals surface area contributed by atoms with Crippen molar-refractivity contribution in [3.05, 3.63) is 0 Å². The molecule has 0 saturated heterocycles. The fourth-order valence-electron chi connectivity index (χ4n) is 4.63. The minimum Gasteiger partial charge on any atom is -0.394 e. The number of aliphatic hydroxyl groups excluding tert-OH is 3. The zero-order chi connectivity index (χ0) is 17.0. The van der Waals surface area contributed by atoms with E-state index in [4.69, 9.17) is 14.6 Å². The van der Waals surface area contributed by atoms with E-state index in [1.165, 1.54) is 6.42 Å². The van der Waals surface area contributed by atoms with E-state index in [1.54, 1.807) is 0 Å². The van der Waals surface area contributed by atoms with Crippen LogP contribution in [0, 0.1) is 35.5 Å². The second-order valence-electron chi connectivity index (χ2n) is 7.58. The molecular formula is C18H34O5. The highest BCUT2D eigenvalue weighted by Gasteiger charge is 2.54. The quantitative estimate of drug-likeness (QED) is 0.563. The summed E-state index contributed by atoms with van der Waals surface area (Å²) in [6.07, 6.45) is 0.789. The number of ether oxygens (including phenoxy) is 2. The fourth-order valence-corrected chi connectivity index (χ4v) is 4.63. The summed E-state index contributed by atoms with van der Waals surface area (Å²) < 4.78 is 11.5. The van der Waals surface area contributed by atoms with Crippen LogP contribution in [0.1, 0.15) is 33.6 Å². The van der Waals surface area contributed by atoms with Crippen molar-refractivity contribution in [2.24, 2.45) is 35.5 Å². The van der Waals surface area contributed by atoms with Crippen molar-refractivity contribution in [1.82, 2.24) is 0 Å². The molecule has 2 aliphatic carbocycles. The molecule has 0 radical (unpaired) electrons. The molecule has 0 heterocycles. The van der Waals surface area contributed by atoms with Gasteiger partial charge in [-0.2, -0.15) is 0 Å². The topological polar surface area (TPSA) is 79.2 Å². The Labute approximate surface area is 140 Å². The predicted molar refractivity (Wildman–Crippen MR) is 87.9 cm³/mol. The van der Waals surface area contributed by atoms with Gasteiger partial charge in [-0.1, -0.05) is 20.8 Å². The molecule has 0 spiro atoms. The van der Waals surface area contributed by atoms with Crippen LogP contribution in [0.4, 0.5) is 0 Å². The Morgan fingerprint density at radius 3 is 1.83 bits per heavy atom. The lowest BCUT2D eigenvalue weighted by Crippen LogP contribution is -2.38. The molecule has 0 aromatic carbocycles. The number of aliphatic hydroxyl groups is 3. The SMILES string of the molecule is CCC(O)COCC1C2CC(C(C)C2C)C1COCC(O)CO. The molecule has 2 bridgehead atoms. The Morgan fingerprint density at radius 1 is 0.913 bits per heavy atom. The van der Waals surface area contributed by atoms with Gasteiger partial charge in [0.05, 0.1) is 39.1 Å². The molecular weight excluding hydrogens is 296 g/mol. The first kappa shape index (κ1) is 19.1. The van der Waals surface area contributed by atoms with E-state index in [0.717, 1.165) is 6.42 Å². The lowest BCUT2D eigenvalue weighted by Gasteiger charge is -2.38. The first-order valence-electron chi connectivity index (χ1n) is 9.12. The van der Waals surface area contributed by atoms with Gasteiger partial charge >= 0.3 is 0 Å². The van der Waals surface area contributed by atoms with Crippen molar-refractivity contribution in [2.75, 3.05) is 33.0 Å². The standard InChI is InChI=1S/C18H34O5/c1-4-13(20)7-22-9-17-15-5-16(12(3)11(15)2)18(17)10-23-8-14(21)6-19/h11-21H,4-10H2,1-3H3. The van der Waals surface area contributed by atoms with Gasteiger partial charge in [0.1, 0.15) is 6.10 Å². The summed E-state index contributed by atoms with van der Waals surface area (Å²) >= 11 is 0. The van der Waals surface area contributed by atoms with Gasteiger partial charge in [-0.3, -0.25) is 0 Å². The first-order chi connectivity index (χ1) is 11.0. The summed E-state index contributed by atoms with van der Waals surface area (Å²) in [6.45, 7) is 8.29. The average Bonchev–Trinajstić information content (AvgIpc) is 3.04. The van der Waals surface area contributed by atoms with E-state index in [2.05, 4.69) is 13.8 Å². The maximum Gasteiger partial charge on any atom is 0.100 e. The first-order valence-corrected chi connectivity index (χ1v) is 9.12. The third-order valence-electron chi connectivity index (χ3n) is 6.30. The molecule has 0 aliphatic heterocycles. The third-order valence-corrected chi connectivity index (χ3v) is 6.30. The maximum atomic E-state index is 9.65. The van der Waals surface area contributed by atoms with E-state index in [1.807, 2.05) is 6.92 Å². The van der Waals surface area contributed by atoms with Crippen molar-refractivity contribution >= 4 is 0 Å². The fraction of sp³-hybridized carbons (Fsp3) is 1.00. The lowest BCUT2D eigenvalue weighted by atomic mass is 9.70. The van der Waals surface area contributed by atoms with Crippen LogP contribution in [0.5, 0.6) is 0 Å². The number of hydrogen-bond acceptors (Lipinski definition) is 5. The Hall–Kier alpha value is -0.200. The second-order valence-corrected chi connectivity index (χ2v) is 7.58. The molecule has 23 heavy (non-hydrogen) atoms. The lowest BCUT2D eigenvalue weighted by molar-refractivity contribution is -0.0528. The summed E-state index contributed by atoms with van der Waals surface area (Å²) in [5.74, 6) is 3.67. The predicted octanol–water partition coefficient (Wildman–Crippen LogP) is 1.30. The molecule has 136 valence electrons. The molecule has 0 aromatic rings. The molecule has 5 heteroatoms. The third kappa shape index (κ3) is 4.45. The zero-order valence-electron chi connectivity index (χ0n) is 14.7. The highest BCUT2D eigenvalue weighted by molar-refractivity contribution is 5.02. The van der Waals surface area contributed by atoms with Gasteiger partial charge in [-0.25, -0.2) is 0 Å². The highest BCUT2D eigenvalue weighted by Crippen LogP contribution is 2.58. The van der Waals surface area contributed by atoms with Crippen molar-refractivity contribution in [1.29, 1.82) is 0 Å². The second kappa shape index (κ2) is 8.77. The number of rotatable bonds is 10. The Morgan fingerprint density at radius 2 is 1.39 bits per heavy atom. The largest absolute Gasteiger partial charge is 0.394 e.